The monoisotopic (exact) mass is 940 g/mol. The van der Waals surface area contributed by atoms with Crippen LogP contribution in [0.3, 0.4) is 0 Å². The van der Waals surface area contributed by atoms with Gasteiger partial charge in [-0.1, -0.05) is 35.3 Å². The first kappa shape index (κ1) is 49.6. The maximum Gasteiger partial charge on any atom is 0.339 e. The van der Waals surface area contributed by atoms with Crippen LogP contribution in [0.15, 0.2) is 85.2 Å². The zero-order valence-electron chi connectivity index (χ0n) is 35.5. The van der Waals surface area contributed by atoms with Crippen LogP contribution in [-0.2, 0) is 36.8 Å². The highest BCUT2D eigenvalue weighted by Crippen LogP contribution is 2.25. The van der Waals surface area contributed by atoms with Gasteiger partial charge in [0, 0.05) is 86.2 Å². The number of Topliss-reactive ketones (excluding diaryl/α,β-unsaturated/α-hetero) is 1. The summed E-state index contributed by atoms with van der Waals surface area (Å²) in [6, 6.07) is 21.4. The fourth-order valence-electron chi connectivity index (χ4n) is 6.76. The lowest BCUT2D eigenvalue weighted by Gasteiger charge is -2.43. The van der Waals surface area contributed by atoms with Crippen molar-refractivity contribution in [3.63, 3.8) is 0 Å². The summed E-state index contributed by atoms with van der Waals surface area (Å²) in [5.74, 6) is -0.681. The maximum atomic E-state index is 13.5. The molecule has 4 aromatic rings. The van der Waals surface area contributed by atoms with E-state index in [4.69, 9.17) is 32.7 Å². The SMILES string of the molecule is COC(=O)c1ccc(CN(C(=O)N2CCN(C3COC3)CC2)c2cccc(Cl)c2)nc1.COC(=O)c1ccc(CN(C(=O)N2CCNCC2)c2cccc(Cl)c2)nc1.Cl.O=C1COC1. The number of benzene rings is 2. The van der Waals surface area contributed by atoms with Gasteiger partial charge in [-0.2, -0.15) is 0 Å². The minimum absolute atomic E-state index is 0. The van der Waals surface area contributed by atoms with Crippen LogP contribution in [0.25, 0.3) is 0 Å². The molecule has 2 aromatic heterocycles. The first-order chi connectivity index (χ1) is 30.5. The van der Waals surface area contributed by atoms with Crippen molar-refractivity contribution in [3.8, 4) is 0 Å². The molecule has 17 nitrogen and oxygen atoms in total. The minimum atomic E-state index is -0.448. The van der Waals surface area contributed by atoms with E-state index in [1.54, 1.807) is 63.2 Å². The van der Waals surface area contributed by atoms with E-state index < -0.39 is 11.9 Å². The summed E-state index contributed by atoms with van der Waals surface area (Å²) < 4.78 is 19.2. The second-order valence-corrected chi connectivity index (χ2v) is 15.6. The third-order valence-corrected chi connectivity index (χ3v) is 10.9. The molecule has 4 aliphatic rings. The molecule has 0 saturated carbocycles. The zero-order chi connectivity index (χ0) is 44.7. The molecule has 342 valence electrons. The van der Waals surface area contributed by atoms with E-state index in [1.807, 2.05) is 29.2 Å². The molecule has 64 heavy (non-hydrogen) atoms. The molecule has 0 spiro atoms. The average Bonchev–Trinajstić information content (AvgIpc) is 3.29. The molecule has 4 fully saturated rings. The molecule has 0 radical (unpaired) electrons. The molecule has 1 N–H and O–H groups in total. The van der Waals surface area contributed by atoms with Crippen LogP contribution in [0.4, 0.5) is 21.0 Å². The third-order valence-electron chi connectivity index (χ3n) is 10.5. The number of urea groups is 2. The van der Waals surface area contributed by atoms with Gasteiger partial charge < -0.3 is 34.1 Å². The number of carbonyl (C=O) groups is 5. The Morgan fingerprint density at radius 3 is 1.48 bits per heavy atom. The van der Waals surface area contributed by atoms with Gasteiger partial charge in [-0.05, 0) is 60.7 Å². The molecule has 0 bridgehead atoms. The number of ketones is 1. The standard InChI is InChI=1S/C22H25ClN4O4.C19H21ClN4O3.C3H4O2.ClH/c1-30-21(28)16-5-6-18(24-12-16)13-27(19-4-2-3-17(23)11-19)22(29)26-9-7-25(8-10-26)20-14-31-15-20;1-27-18(25)14-5-6-16(22-12-14)13-24(17-4-2-3-15(20)11-17)19(26)23-9-7-21-8-10-23;4-3-1-5-2-3;/h2-6,11-12,20H,7-10,13-15H2,1H3;2-6,11-12,21H,7-10,13H2,1H3;1-2H2;1H. The van der Waals surface area contributed by atoms with E-state index in [0.29, 0.717) is 89.4 Å². The molecule has 4 saturated heterocycles. The predicted molar refractivity (Wildman–Crippen MR) is 242 cm³/mol. The molecular formula is C44H51Cl3N8O9. The number of carbonyl (C=O) groups excluding carboxylic acids is 5. The Morgan fingerprint density at radius 2 is 1.14 bits per heavy atom. The van der Waals surface area contributed by atoms with E-state index in [1.165, 1.54) is 26.6 Å². The number of nitrogens with zero attached hydrogens (tertiary/aromatic N) is 7. The van der Waals surface area contributed by atoms with Crippen molar-refractivity contribution in [3.05, 3.63) is 118 Å². The Hall–Kier alpha value is -5.40. The lowest BCUT2D eigenvalue weighted by Crippen LogP contribution is -2.59. The summed E-state index contributed by atoms with van der Waals surface area (Å²) in [6.45, 7) is 8.55. The topological polar surface area (TPSA) is 176 Å². The number of amides is 4. The Labute approximate surface area is 387 Å². The van der Waals surface area contributed by atoms with Gasteiger partial charge in [0.25, 0.3) is 0 Å². The smallest absolute Gasteiger partial charge is 0.339 e. The second-order valence-electron chi connectivity index (χ2n) is 14.7. The zero-order valence-corrected chi connectivity index (χ0v) is 37.9. The normalized spacial score (nSPS) is 15.9. The van der Waals surface area contributed by atoms with Crippen LogP contribution in [0.5, 0.6) is 0 Å². The molecule has 0 atom stereocenters. The Bertz CT molecular complexity index is 2180. The highest BCUT2D eigenvalue weighted by Gasteiger charge is 2.32. The predicted octanol–water partition coefficient (Wildman–Crippen LogP) is 5.23. The number of hydrogen-bond acceptors (Lipinski definition) is 13. The maximum absolute atomic E-state index is 13.5. The summed E-state index contributed by atoms with van der Waals surface area (Å²) in [5.41, 5.74) is 3.44. The lowest BCUT2D eigenvalue weighted by molar-refractivity contribution is -0.140. The van der Waals surface area contributed by atoms with Gasteiger partial charge in [-0.3, -0.25) is 29.5 Å². The summed E-state index contributed by atoms with van der Waals surface area (Å²) in [5, 5.41) is 4.35. The van der Waals surface area contributed by atoms with Crippen molar-refractivity contribution >= 4 is 76.8 Å². The number of aromatic nitrogens is 2. The van der Waals surface area contributed by atoms with Crippen molar-refractivity contribution in [1.82, 2.24) is 30.0 Å². The second kappa shape index (κ2) is 24.6. The van der Waals surface area contributed by atoms with E-state index in [9.17, 15) is 24.0 Å². The van der Waals surface area contributed by atoms with E-state index >= 15 is 0 Å². The van der Waals surface area contributed by atoms with Crippen molar-refractivity contribution < 1.29 is 42.9 Å². The van der Waals surface area contributed by atoms with Crippen LogP contribution in [0.2, 0.25) is 10.0 Å². The molecular weight excluding hydrogens is 891 g/mol. The Morgan fingerprint density at radius 1 is 0.688 bits per heavy atom. The molecule has 0 aliphatic carbocycles. The number of anilines is 2. The van der Waals surface area contributed by atoms with Crippen molar-refractivity contribution in [2.45, 2.75) is 19.1 Å². The number of esters is 2. The van der Waals surface area contributed by atoms with E-state index in [0.717, 1.165) is 39.4 Å². The van der Waals surface area contributed by atoms with Gasteiger partial charge in [0.2, 0.25) is 0 Å². The minimum Gasteiger partial charge on any atom is -0.465 e. The highest BCUT2D eigenvalue weighted by atomic mass is 35.5. The summed E-state index contributed by atoms with van der Waals surface area (Å²) >= 11 is 12.3. The first-order valence-electron chi connectivity index (χ1n) is 20.4. The van der Waals surface area contributed by atoms with Crippen LogP contribution < -0.4 is 15.1 Å². The number of ether oxygens (including phenoxy) is 4. The van der Waals surface area contributed by atoms with Crippen molar-refractivity contribution in [1.29, 1.82) is 0 Å². The summed E-state index contributed by atoms with van der Waals surface area (Å²) in [6.07, 6.45) is 2.91. The molecule has 4 aliphatic heterocycles. The quantitative estimate of drug-likeness (QED) is 0.216. The number of pyridine rings is 2. The van der Waals surface area contributed by atoms with Gasteiger partial charge in [0.05, 0.1) is 69.1 Å². The summed E-state index contributed by atoms with van der Waals surface area (Å²) in [7, 11) is 2.65. The van der Waals surface area contributed by atoms with Crippen LogP contribution in [0, 0.1) is 0 Å². The van der Waals surface area contributed by atoms with Crippen LogP contribution in [-0.4, -0.2) is 153 Å². The number of piperazine rings is 2. The fourth-order valence-corrected chi connectivity index (χ4v) is 7.13. The largest absolute Gasteiger partial charge is 0.465 e. The Balaban J connectivity index is 0.000000215. The molecule has 6 heterocycles. The van der Waals surface area contributed by atoms with Crippen LogP contribution in [0.1, 0.15) is 32.1 Å². The number of hydrogen-bond donors (Lipinski definition) is 1. The van der Waals surface area contributed by atoms with Gasteiger partial charge >= 0.3 is 24.0 Å². The highest BCUT2D eigenvalue weighted by molar-refractivity contribution is 6.31. The molecule has 2 aromatic carbocycles. The Kier molecular flexibility index (Phi) is 19.1. The van der Waals surface area contributed by atoms with Crippen molar-refractivity contribution in [2.24, 2.45) is 0 Å². The molecule has 4 amide bonds. The van der Waals surface area contributed by atoms with Crippen molar-refractivity contribution in [2.75, 3.05) is 103 Å². The van der Waals surface area contributed by atoms with E-state index in [-0.39, 0.29) is 43.3 Å². The molecule has 0 unspecified atom stereocenters. The van der Waals surface area contributed by atoms with E-state index in [2.05, 4.69) is 29.7 Å². The molecule has 8 rings (SSSR count). The third kappa shape index (κ3) is 13.8. The van der Waals surface area contributed by atoms with Gasteiger partial charge in [0.1, 0.15) is 13.2 Å². The van der Waals surface area contributed by atoms with Gasteiger partial charge in [-0.15, -0.1) is 12.4 Å². The number of halogens is 3. The fraction of sp³-hybridized carbons (Fsp3) is 0.386. The number of nitrogens with one attached hydrogen (secondary N) is 1. The van der Waals surface area contributed by atoms with Crippen LogP contribution >= 0.6 is 35.6 Å². The van der Waals surface area contributed by atoms with Gasteiger partial charge in [-0.25, -0.2) is 19.2 Å². The first-order valence-corrected chi connectivity index (χ1v) is 21.1. The summed E-state index contributed by atoms with van der Waals surface area (Å²) in [4.78, 5) is 77.6. The average molecular weight is 942 g/mol. The number of rotatable bonds is 9. The number of methoxy groups -OCH3 is 2. The molecule has 20 heteroatoms. The van der Waals surface area contributed by atoms with Gasteiger partial charge in [0.15, 0.2) is 5.78 Å². The lowest BCUT2D eigenvalue weighted by atomic mass is 10.2.